The van der Waals surface area contributed by atoms with Gasteiger partial charge in [0.05, 0.1) is 13.6 Å². The minimum absolute atomic E-state index is 0.105. The number of quaternary nitrogens is 1. The van der Waals surface area contributed by atoms with Crippen molar-refractivity contribution in [2.45, 2.75) is 18.9 Å². The van der Waals surface area contributed by atoms with Gasteiger partial charge in [0.15, 0.2) is 0 Å². The molecule has 70 valence electrons. The number of rotatable bonds is 1. The van der Waals surface area contributed by atoms with Crippen LogP contribution in [0.4, 0.5) is 0 Å². The topological polar surface area (TPSA) is 36.0 Å². The van der Waals surface area contributed by atoms with Gasteiger partial charge < -0.3 is 9.85 Å². The van der Waals surface area contributed by atoms with E-state index in [0.717, 1.165) is 24.9 Å². The molecule has 0 saturated carbocycles. The summed E-state index contributed by atoms with van der Waals surface area (Å²) in [5, 5.41) is 11.9. The lowest BCUT2D eigenvalue weighted by Gasteiger charge is -2.40. The molecule has 0 amide bonds. The normalized spacial score (nSPS) is 33.5. The summed E-state index contributed by atoms with van der Waals surface area (Å²) in [5.74, 6) is 0. The standard InChI is InChI=1S/C10H14N2O/c1-12(13)7-3-5-10(12)9-4-2-6-11-8-9/h2,4,6,8,10H,3,5,7H2,1H3/t10-,12+/m1/s1. The fourth-order valence-electron chi connectivity index (χ4n) is 2.08. The first-order chi connectivity index (χ1) is 6.20. The predicted molar refractivity (Wildman–Crippen MR) is 50.6 cm³/mol. The van der Waals surface area contributed by atoms with Crippen LogP contribution in [0.25, 0.3) is 0 Å². The van der Waals surface area contributed by atoms with Crippen molar-refractivity contribution in [3.63, 3.8) is 0 Å². The first-order valence-electron chi connectivity index (χ1n) is 4.66. The monoisotopic (exact) mass is 178 g/mol. The van der Waals surface area contributed by atoms with Crippen LogP contribution < -0.4 is 0 Å². The van der Waals surface area contributed by atoms with Crippen LogP contribution in [-0.4, -0.2) is 23.2 Å². The van der Waals surface area contributed by atoms with Gasteiger partial charge in [0.2, 0.25) is 0 Å². The molecule has 1 aliphatic heterocycles. The van der Waals surface area contributed by atoms with Crippen molar-refractivity contribution in [1.29, 1.82) is 0 Å². The summed E-state index contributed by atoms with van der Waals surface area (Å²) >= 11 is 0. The molecule has 1 aromatic rings. The third kappa shape index (κ3) is 1.57. The number of hydroxylamine groups is 3. The zero-order valence-electron chi connectivity index (χ0n) is 7.81. The lowest BCUT2D eigenvalue weighted by atomic mass is 10.1. The smallest absolute Gasteiger partial charge is 0.116 e. The van der Waals surface area contributed by atoms with E-state index in [1.165, 1.54) is 0 Å². The van der Waals surface area contributed by atoms with E-state index in [1.807, 2.05) is 18.3 Å². The Balaban J connectivity index is 2.27. The van der Waals surface area contributed by atoms with E-state index in [4.69, 9.17) is 0 Å². The SMILES string of the molecule is C[N@+]1([O-])CCC[C@@H]1c1cccnc1. The van der Waals surface area contributed by atoms with E-state index in [9.17, 15) is 5.21 Å². The molecule has 1 aliphatic rings. The lowest BCUT2D eigenvalue weighted by Crippen LogP contribution is -2.36. The summed E-state index contributed by atoms with van der Waals surface area (Å²) in [4.78, 5) is 4.05. The average molecular weight is 178 g/mol. The molecule has 0 N–H and O–H groups in total. The van der Waals surface area contributed by atoms with E-state index in [0.29, 0.717) is 0 Å². The van der Waals surface area contributed by atoms with Gasteiger partial charge in [-0.1, -0.05) is 6.07 Å². The Hall–Kier alpha value is -0.930. The predicted octanol–water partition coefficient (Wildman–Crippen LogP) is 1.86. The average Bonchev–Trinajstić information content (AvgIpc) is 2.47. The zero-order valence-corrected chi connectivity index (χ0v) is 7.81. The second-order valence-electron chi connectivity index (χ2n) is 3.84. The maximum absolute atomic E-state index is 11.9. The Morgan fingerprint density at radius 1 is 1.62 bits per heavy atom. The maximum atomic E-state index is 11.9. The summed E-state index contributed by atoms with van der Waals surface area (Å²) in [6, 6.07) is 4.00. The van der Waals surface area contributed by atoms with Crippen molar-refractivity contribution in [2.24, 2.45) is 0 Å². The van der Waals surface area contributed by atoms with Gasteiger partial charge >= 0.3 is 0 Å². The van der Waals surface area contributed by atoms with Crippen LogP contribution in [-0.2, 0) is 0 Å². The quantitative estimate of drug-likeness (QED) is 0.486. The molecule has 0 unspecified atom stereocenters. The van der Waals surface area contributed by atoms with Crippen LogP contribution in [0.15, 0.2) is 24.5 Å². The second-order valence-corrected chi connectivity index (χ2v) is 3.84. The second kappa shape index (κ2) is 3.09. The summed E-state index contributed by atoms with van der Waals surface area (Å²) in [5.41, 5.74) is 1.08. The molecule has 2 atom stereocenters. The largest absolute Gasteiger partial charge is 0.633 e. The highest BCUT2D eigenvalue weighted by molar-refractivity contribution is 5.12. The molecule has 13 heavy (non-hydrogen) atoms. The molecule has 2 rings (SSSR count). The molecule has 1 saturated heterocycles. The van der Waals surface area contributed by atoms with Gasteiger partial charge in [-0.3, -0.25) is 4.98 Å². The number of hydrogen-bond acceptors (Lipinski definition) is 2. The molecule has 0 aliphatic carbocycles. The molecule has 0 bridgehead atoms. The molecule has 3 heteroatoms. The van der Waals surface area contributed by atoms with Gasteiger partial charge in [-0.25, -0.2) is 0 Å². The Bertz CT molecular complexity index is 284. The Morgan fingerprint density at radius 2 is 2.46 bits per heavy atom. The van der Waals surface area contributed by atoms with E-state index in [-0.39, 0.29) is 10.7 Å². The minimum Gasteiger partial charge on any atom is -0.633 e. The zero-order chi connectivity index (χ0) is 9.31. The van der Waals surface area contributed by atoms with Gasteiger partial charge in [0.25, 0.3) is 0 Å². The molecule has 0 spiro atoms. The van der Waals surface area contributed by atoms with E-state index >= 15 is 0 Å². The Kier molecular flexibility index (Phi) is 2.06. The third-order valence-corrected chi connectivity index (χ3v) is 2.81. The van der Waals surface area contributed by atoms with E-state index in [1.54, 1.807) is 13.2 Å². The number of aromatic nitrogens is 1. The first-order valence-corrected chi connectivity index (χ1v) is 4.66. The van der Waals surface area contributed by atoms with Crippen LogP contribution in [0.3, 0.4) is 0 Å². The molecular formula is C10H14N2O. The van der Waals surface area contributed by atoms with Gasteiger partial charge in [-0.2, -0.15) is 0 Å². The van der Waals surface area contributed by atoms with Crippen molar-refractivity contribution >= 4 is 0 Å². The van der Waals surface area contributed by atoms with E-state index < -0.39 is 0 Å². The number of likely N-dealkylation sites (tertiary alicyclic amines) is 1. The van der Waals surface area contributed by atoms with Crippen molar-refractivity contribution in [2.75, 3.05) is 13.6 Å². The molecular weight excluding hydrogens is 164 g/mol. The molecule has 2 heterocycles. The Morgan fingerprint density at radius 3 is 3.00 bits per heavy atom. The van der Waals surface area contributed by atoms with E-state index in [2.05, 4.69) is 4.98 Å². The van der Waals surface area contributed by atoms with Crippen LogP contribution in [0.5, 0.6) is 0 Å². The highest BCUT2D eigenvalue weighted by Gasteiger charge is 2.32. The summed E-state index contributed by atoms with van der Waals surface area (Å²) in [7, 11) is 1.75. The first kappa shape index (κ1) is 8.66. The molecule has 3 nitrogen and oxygen atoms in total. The van der Waals surface area contributed by atoms with Crippen LogP contribution in [0.1, 0.15) is 24.4 Å². The van der Waals surface area contributed by atoms with Crippen LogP contribution >= 0.6 is 0 Å². The molecule has 0 aromatic carbocycles. The van der Waals surface area contributed by atoms with Crippen LogP contribution in [0.2, 0.25) is 0 Å². The van der Waals surface area contributed by atoms with Gasteiger partial charge in [-0.05, 0) is 6.07 Å². The summed E-state index contributed by atoms with van der Waals surface area (Å²) < 4.78 is -0.133. The summed E-state index contributed by atoms with van der Waals surface area (Å²) in [6.07, 6.45) is 5.57. The highest BCUT2D eigenvalue weighted by Crippen LogP contribution is 2.35. The fourth-order valence-corrected chi connectivity index (χ4v) is 2.08. The van der Waals surface area contributed by atoms with Crippen LogP contribution in [0, 0.1) is 5.21 Å². The van der Waals surface area contributed by atoms with Gasteiger partial charge in [0.1, 0.15) is 6.04 Å². The van der Waals surface area contributed by atoms with Crippen molar-refractivity contribution in [1.82, 2.24) is 4.98 Å². The highest BCUT2D eigenvalue weighted by atomic mass is 16.5. The fraction of sp³-hybridized carbons (Fsp3) is 0.500. The molecule has 1 fully saturated rings. The summed E-state index contributed by atoms with van der Waals surface area (Å²) in [6.45, 7) is 0.736. The lowest BCUT2D eigenvalue weighted by molar-refractivity contribution is -0.878. The molecule has 1 aromatic heterocycles. The van der Waals surface area contributed by atoms with Crippen molar-refractivity contribution in [3.8, 4) is 0 Å². The maximum Gasteiger partial charge on any atom is 0.116 e. The van der Waals surface area contributed by atoms with Gasteiger partial charge in [0, 0.05) is 30.8 Å². The Labute approximate surface area is 78.2 Å². The van der Waals surface area contributed by atoms with Crippen molar-refractivity contribution in [3.05, 3.63) is 35.3 Å². The number of pyridine rings is 1. The number of nitrogens with zero attached hydrogens (tertiary/aromatic N) is 2. The minimum atomic E-state index is -0.133. The van der Waals surface area contributed by atoms with Gasteiger partial charge in [-0.15, -0.1) is 0 Å². The van der Waals surface area contributed by atoms with Crippen molar-refractivity contribution < 1.29 is 4.65 Å². The molecule has 0 radical (unpaired) electrons. The number of hydrogen-bond donors (Lipinski definition) is 0. The third-order valence-electron chi connectivity index (χ3n) is 2.81.